The number of piperidine rings is 2. The molecule has 0 saturated carbocycles. The molecular weight excluding hydrogens is 296 g/mol. The van der Waals surface area contributed by atoms with Gasteiger partial charge in [0.15, 0.2) is 0 Å². The highest BCUT2D eigenvalue weighted by molar-refractivity contribution is 5.58. The summed E-state index contributed by atoms with van der Waals surface area (Å²) in [5, 5.41) is 3.46. The molecule has 3 rings (SSSR count). The lowest BCUT2D eigenvalue weighted by Gasteiger charge is -2.40. The maximum atomic E-state index is 4.51. The highest BCUT2D eigenvalue weighted by Gasteiger charge is 2.27. The quantitative estimate of drug-likeness (QED) is 0.906. The van der Waals surface area contributed by atoms with Crippen LogP contribution >= 0.6 is 0 Å². The second-order valence-electron chi connectivity index (χ2n) is 6.37. The molecule has 2 aliphatic heterocycles. The van der Waals surface area contributed by atoms with E-state index < -0.39 is 0 Å². The summed E-state index contributed by atoms with van der Waals surface area (Å²) in [5.74, 6) is 0. The molecule has 1 aromatic rings. The number of nitrogens with one attached hydrogen (secondary N) is 1. The van der Waals surface area contributed by atoms with Crippen LogP contribution in [0.1, 0.15) is 63.9 Å². The first-order valence-electron chi connectivity index (χ1n) is 9.60. The molecule has 2 saturated heterocycles. The summed E-state index contributed by atoms with van der Waals surface area (Å²) in [7, 11) is 0. The topological polar surface area (TPSA) is 33.1 Å². The summed E-state index contributed by atoms with van der Waals surface area (Å²) >= 11 is 0. The molecule has 0 bridgehead atoms. The van der Waals surface area contributed by atoms with Gasteiger partial charge in [0.25, 0.3) is 0 Å². The molecule has 24 heavy (non-hydrogen) atoms. The Kier molecular flexibility index (Phi) is 7.73. The molecule has 2 aliphatic rings. The van der Waals surface area contributed by atoms with Crippen LogP contribution in [-0.4, -0.2) is 46.7 Å². The molecule has 134 valence electrons. The standard InChI is InChI=1S/C18H28N4.C2H6/c1-3-5-18-17(4-2)20-14-22(18)16-8-12-21(13-9-16)15-6-10-19-11-7-15;1-2/h3-5,14-16,19H,2,6-13H2,1H3;1-2H3/b5-3-;. The van der Waals surface area contributed by atoms with Gasteiger partial charge in [-0.05, 0) is 57.8 Å². The van der Waals surface area contributed by atoms with Gasteiger partial charge < -0.3 is 14.8 Å². The Morgan fingerprint density at radius 3 is 2.38 bits per heavy atom. The summed E-state index contributed by atoms with van der Waals surface area (Å²) in [4.78, 5) is 7.22. The van der Waals surface area contributed by atoms with Crippen LogP contribution in [-0.2, 0) is 0 Å². The molecule has 0 aliphatic carbocycles. The molecule has 0 amide bonds. The van der Waals surface area contributed by atoms with Crippen molar-refractivity contribution >= 4 is 12.2 Å². The smallest absolute Gasteiger partial charge is 0.0960 e. The molecule has 0 aromatic carbocycles. The van der Waals surface area contributed by atoms with Gasteiger partial charge in [-0.15, -0.1) is 0 Å². The zero-order chi connectivity index (χ0) is 17.4. The molecule has 3 heterocycles. The van der Waals surface area contributed by atoms with Crippen molar-refractivity contribution in [2.24, 2.45) is 0 Å². The van der Waals surface area contributed by atoms with Crippen molar-refractivity contribution in [3.63, 3.8) is 0 Å². The van der Waals surface area contributed by atoms with Crippen LogP contribution in [0.25, 0.3) is 12.2 Å². The molecule has 1 N–H and O–H groups in total. The lowest BCUT2D eigenvalue weighted by atomic mass is 9.98. The monoisotopic (exact) mass is 330 g/mol. The van der Waals surface area contributed by atoms with E-state index in [-0.39, 0.29) is 0 Å². The summed E-state index contributed by atoms with van der Waals surface area (Å²) in [6.07, 6.45) is 13.2. The van der Waals surface area contributed by atoms with Crippen LogP contribution in [0.5, 0.6) is 0 Å². The molecule has 2 fully saturated rings. The Labute approximate surface area is 147 Å². The van der Waals surface area contributed by atoms with E-state index in [0.717, 1.165) is 11.7 Å². The van der Waals surface area contributed by atoms with Crippen LogP contribution in [0.2, 0.25) is 0 Å². The lowest BCUT2D eigenvalue weighted by Crippen LogP contribution is -2.46. The molecule has 0 radical (unpaired) electrons. The van der Waals surface area contributed by atoms with Gasteiger partial charge in [-0.3, -0.25) is 0 Å². The fourth-order valence-electron chi connectivity index (χ4n) is 3.86. The lowest BCUT2D eigenvalue weighted by molar-refractivity contribution is 0.113. The number of allylic oxidation sites excluding steroid dienone is 1. The van der Waals surface area contributed by atoms with E-state index in [2.05, 4.69) is 45.4 Å². The highest BCUT2D eigenvalue weighted by Crippen LogP contribution is 2.28. The number of rotatable bonds is 4. The first-order chi connectivity index (χ1) is 11.8. The molecule has 4 heteroatoms. The van der Waals surface area contributed by atoms with E-state index in [1.807, 2.05) is 26.3 Å². The van der Waals surface area contributed by atoms with Gasteiger partial charge in [0.2, 0.25) is 0 Å². The highest BCUT2D eigenvalue weighted by atomic mass is 15.2. The van der Waals surface area contributed by atoms with Crippen LogP contribution in [0.4, 0.5) is 0 Å². The van der Waals surface area contributed by atoms with E-state index in [1.54, 1.807) is 0 Å². The molecule has 1 aromatic heterocycles. The van der Waals surface area contributed by atoms with Crippen LogP contribution < -0.4 is 5.32 Å². The van der Waals surface area contributed by atoms with Gasteiger partial charge in [-0.2, -0.15) is 0 Å². The average molecular weight is 331 g/mol. The first-order valence-corrected chi connectivity index (χ1v) is 9.60. The minimum Gasteiger partial charge on any atom is -0.327 e. The summed E-state index contributed by atoms with van der Waals surface area (Å²) in [5.41, 5.74) is 2.21. The number of imidazole rings is 1. The Morgan fingerprint density at radius 2 is 1.79 bits per heavy atom. The molecule has 4 nitrogen and oxygen atoms in total. The van der Waals surface area contributed by atoms with E-state index in [0.29, 0.717) is 6.04 Å². The number of hydrogen-bond acceptors (Lipinski definition) is 3. The zero-order valence-electron chi connectivity index (χ0n) is 15.7. The normalized spacial score (nSPS) is 20.8. The second-order valence-corrected chi connectivity index (χ2v) is 6.37. The van der Waals surface area contributed by atoms with Crippen LogP contribution in [0.15, 0.2) is 19.0 Å². The molecular formula is C20H34N4. The SMILES string of the molecule is C=Cc1ncn(C2CCN(C3CCNCC3)CC2)c1/C=C\C.CC. The largest absolute Gasteiger partial charge is 0.327 e. The van der Waals surface area contributed by atoms with Crippen molar-refractivity contribution in [3.05, 3.63) is 30.4 Å². The number of hydrogen-bond donors (Lipinski definition) is 1. The van der Waals surface area contributed by atoms with Crippen molar-refractivity contribution in [1.82, 2.24) is 19.8 Å². The second kappa shape index (κ2) is 9.80. The van der Waals surface area contributed by atoms with Crippen LogP contribution in [0.3, 0.4) is 0 Å². The number of nitrogens with zero attached hydrogens (tertiary/aromatic N) is 3. The minimum absolute atomic E-state index is 0.574. The molecule has 0 spiro atoms. The predicted molar refractivity (Wildman–Crippen MR) is 104 cm³/mol. The fourth-order valence-corrected chi connectivity index (χ4v) is 3.86. The Hall–Kier alpha value is -1.39. The summed E-state index contributed by atoms with van der Waals surface area (Å²) in [6.45, 7) is 14.7. The van der Waals surface area contributed by atoms with Crippen molar-refractivity contribution in [1.29, 1.82) is 0 Å². The third kappa shape index (κ3) is 4.37. The number of likely N-dealkylation sites (tertiary alicyclic amines) is 1. The van der Waals surface area contributed by atoms with Gasteiger partial charge in [0, 0.05) is 25.2 Å². The summed E-state index contributed by atoms with van der Waals surface area (Å²) in [6, 6.07) is 1.37. The van der Waals surface area contributed by atoms with Gasteiger partial charge >= 0.3 is 0 Å². The van der Waals surface area contributed by atoms with Gasteiger partial charge in [0.1, 0.15) is 0 Å². The Morgan fingerprint density at radius 1 is 1.12 bits per heavy atom. The van der Waals surface area contributed by atoms with Crippen LogP contribution in [0, 0.1) is 0 Å². The van der Waals surface area contributed by atoms with E-state index >= 15 is 0 Å². The zero-order valence-corrected chi connectivity index (χ0v) is 15.7. The average Bonchev–Trinajstić information content (AvgIpc) is 3.07. The third-order valence-electron chi connectivity index (χ3n) is 5.10. The Bertz CT molecular complexity index is 518. The van der Waals surface area contributed by atoms with Crippen molar-refractivity contribution in [2.75, 3.05) is 26.2 Å². The van der Waals surface area contributed by atoms with Crippen molar-refractivity contribution in [3.8, 4) is 0 Å². The first kappa shape index (κ1) is 18.9. The van der Waals surface area contributed by atoms with E-state index in [4.69, 9.17) is 0 Å². The Balaban J connectivity index is 0.00000100. The van der Waals surface area contributed by atoms with Gasteiger partial charge in [-0.1, -0.05) is 26.5 Å². The number of aromatic nitrogens is 2. The maximum Gasteiger partial charge on any atom is 0.0960 e. The minimum atomic E-state index is 0.574. The van der Waals surface area contributed by atoms with Crippen molar-refractivity contribution < 1.29 is 0 Å². The third-order valence-corrected chi connectivity index (χ3v) is 5.10. The predicted octanol–water partition coefficient (Wildman–Crippen LogP) is 3.97. The van der Waals surface area contributed by atoms with E-state index in [9.17, 15) is 0 Å². The molecule has 0 atom stereocenters. The maximum absolute atomic E-state index is 4.51. The van der Waals surface area contributed by atoms with E-state index in [1.165, 1.54) is 57.6 Å². The van der Waals surface area contributed by atoms with Gasteiger partial charge in [0.05, 0.1) is 17.7 Å². The molecule has 0 unspecified atom stereocenters. The van der Waals surface area contributed by atoms with Crippen molar-refractivity contribution in [2.45, 2.75) is 58.5 Å². The summed E-state index contributed by atoms with van der Waals surface area (Å²) < 4.78 is 2.36. The van der Waals surface area contributed by atoms with Gasteiger partial charge in [-0.25, -0.2) is 4.98 Å². The fraction of sp³-hybridized carbons (Fsp3) is 0.650.